The van der Waals surface area contributed by atoms with Crippen LogP contribution in [-0.4, -0.2) is 37.2 Å². The first-order valence-electron chi connectivity index (χ1n) is 12.5. The maximum absolute atomic E-state index is 13.1. The van der Waals surface area contributed by atoms with Gasteiger partial charge in [-0.25, -0.2) is 4.68 Å². The van der Waals surface area contributed by atoms with Crippen LogP contribution in [0.2, 0.25) is 0 Å². The first-order chi connectivity index (χ1) is 17.2. The Morgan fingerprint density at radius 3 is 2.50 bits per heavy atom. The zero-order valence-electron chi connectivity index (χ0n) is 22.1. The summed E-state index contributed by atoms with van der Waals surface area (Å²) in [6.45, 7) is 11.7. The molecule has 1 atom stereocenters. The smallest absolute Gasteiger partial charge is 0.252 e. The second-order valence-electron chi connectivity index (χ2n) is 10.0. The number of benzene rings is 2. The lowest BCUT2D eigenvalue weighted by molar-refractivity contribution is 0.150. The predicted molar refractivity (Wildman–Crippen MR) is 142 cm³/mol. The van der Waals surface area contributed by atoms with Gasteiger partial charge in [-0.05, 0) is 84.8 Å². The van der Waals surface area contributed by atoms with E-state index in [1.54, 1.807) is 7.11 Å². The van der Waals surface area contributed by atoms with Crippen LogP contribution in [0.1, 0.15) is 69.1 Å². The van der Waals surface area contributed by atoms with Gasteiger partial charge in [-0.1, -0.05) is 38.1 Å². The Balaban J connectivity index is 1.76. The number of nitrogens with one attached hydrogen (secondary N) is 1. The summed E-state index contributed by atoms with van der Waals surface area (Å²) in [5, 5.41) is 13.9. The van der Waals surface area contributed by atoms with Gasteiger partial charge < -0.3 is 9.72 Å². The number of aromatic nitrogens is 5. The Labute approximate surface area is 212 Å². The standard InChI is InChI=1S/C28H36N6O2/c1-7-25(26-30-31-32-34(26)28(4,5)8-2)33(17-20-10-13-23(36-6)14-11-20)18-22-16-21-12-9-19(3)15-24(21)29-27(22)35/h9-16,25H,7-8,17-18H2,1-6H3,(H,29,35). The summed E-state index contributed by atoms with van der Waals surface area (Å²) < 4.78 is 7.28. The molecule has 1 N–H and O–H groups in total. The Morgan fingerprint density at radius 1 is 1.08 bits per heavy atom. The quantitative estimate of drug-likeness (QED) is 0.333. The number of aromatic amines is 1. The predicted octanol–water partition coefficient (Wildman–Crippen LogP) is 5.13. The SMILES string of the molecule is CCC(c1nnnn1C(C)(C)CC)N(Cc1ccc(OC)cc1)Cc1cc2ccc(C)cc2[nH]c1=O. The van der Waals surface area contributed by atoms with Gasteiger partial charge >= 0.3 is 0 Å². The van der Waals surface area contributed by atoms with Crippen molar-refractivity contribution in [2.45, 2.75) is 72.1 Å². The van der Waals surface area contributed by atoms with Crippen LogP contribution >= 0.6 is 0 Å². The molecule has 0 saturated heterocycles. The highest BCUT2D eigenvalue weighted by molar-refractivity contribution is 5.79. The minimum Gasteiger partial charge on any atom is -0.497 e. The highest BCUT2D eigenvalue weighted by Crippen LogP contribution is 2.30. The van der Waals surface area contributed by atoms with Crippen molar-refractivity contribution in [3.05, 3.63) is 81.4 Å². The molecule has 2 aromatic carbocycles. The first kappa shape index (κ1) is 25.6. The molecule has 0 radical (unpaired) electrons. The number of rotatable bonds is 10. The van der Waals surface area contributed by atoms with Crippen molar-refractivity contribution in [2.75, 3.05) is 7.11 Å². The molecule has 4 aromatic rings. The Hall–Kier alpha value is -3.52. The zero-order chi connectivity index (χ0) is 25.9. The van der Waals surface area contributed by atoms with E-state index in [4.69, 9.17) is 4.74 Å². The number of aryl methyl sites for hydroxylation is 1. The molecule has 2 aromatic heterocycles. The van der Waals surface area contributed by atoms with E-state index in [9.17, 15) is 4.79 Å². The lowest BCUT2D eigenvalue weighted by Gasteiger charge is -2.33. The van der Waals surface area contributed by atoms with Gasteiger partial charge in [-0.3, -0.25) is 9.69 Å². The molecule has 0 fully saturated rings. The third-order valence-corrected chi connectivity index (χ3v) is 7.05. The molecule has 4 rings (SSSR count). The van der Waals surface area contributed by atoms with Crippen molar-refractivity contribution in [1.82, 2.24) is 30.1 Å². The largest absolute Gasteiger partial charge is 0.497 e. The van der Waals surface area contributed by atoms with E-state index in [-0.39, 0.29) is 17.1 Å². The average molecular weight is 489 g/mol. The number of nitrogens with zero attached hydrogens (tertiary/aromatic N) is 5. The minimum atomic E-state index is -0.226. The van der Waals surface area contributed by atoms with Crippen LogP contribution in [0.4, 0.5) is 0 Å². The summed E-state index contributed by atoms with van der Waals surface area (Å²) >= 11 is 0. The number of methoxy groups -OCH3 is 1. The number of tetrazole rings is 1. The second kappa shape index (κ2) is 10.6. The molecule has 2 heterocycles. The van der Waals surface area contributed by atoms with E-state index in [1.807, 2.05) is 35.9 Å². The Bertz CT molecular complexity index is 1370. The van der Waals surface area contributed by atoms with E-state index in [0.717, 1.165) is 46.4 Å². The van der Waals surface area contributed by atoms with Crippen LogP contribution in [0, 0.1) is 6.92 Å². The first-order valence-corrected chi connectivity index (χ1v) is 12.5. The van der Waals surface area contributed by atoms with Crippen molar-refractivity contribution in [3.63, 3.8) is 0 Å². The van der Waals surface area contributed by atoms with Crippen molar-refractivity contribution in [1.29, 1.82) is 0 Å². The van der Waals surface area contributed by atoms with Crippen LogP contribution in [0.3, 0.4) is 0 Å². The van der Waals surface area contributed by atoms with Crippen LogP contribution in [-0.2, 0) is 18.6 Å². The van der Waals surface area contributed by atoms with Crippen LogP contribution < -0.4 is 10.3 Å². The number of ether oxygens (including phenoxy) is 1. The number of fused-ring (bicyclic) bond motifs is 1. The normalized spacial score (nSPS) is 12.9. The summed E-state index contributed by atoms with van der Waals surface area (Å²) in [6.07, 6.45) is 1.69. The molecule has 0 amide bonds. The molecular weight excluding hydrogens is 452 g/mol. The monoisotopic (exact) mass is 488 g/mol. The molecule has 36 heavy (non-hydrogen) atoms. The summed E-state index contributed by atoms with van der Waals surface area (Å²) in [6, 6.07) is 16.1. The van der Waals surface area contributed by atoms with E-state index < -0.39 is 0 Å². The van der Waals surface area contributed by atoms with Crippen molar-refractivity contribution < 1.29 is 4.74 Å². The van der Waals surface area contributed by atoms with Gasteiger partial charge in [0.25, 0.3) is 5.56 Å². The molecule has 1 unspecified atom stereocenters. The van der Waals surface area contributed by atoms with E-state index in [2.05, 4.69) is 77.4 Å². The van der Waals surface area contributed by atoms with E-state index >= 15 is 0 Å². The molecule has 0 aliphatic carbocycles. The van der Waals surface area contributed by atoms with Gasteiger partial charge in [-0.15, -0.1) is 5.10 Å². The highest BCUT2D eigenvalue weighted by Gasteiger charge is 2.31. The second-order valence-corrected chi connectivity index (χ2v) is 10.0. The fourth-order valence-electron chi connectivity index (χ4n) is 4.52. The molecule has 0 spiro atoms. The average Bonchev–Trinajstić information content (AvgIpc) is 3.36. The van der Waals surface area contributed by atoms with Crippen LogP contribution in [0.15, 0.2) is 53.3 Å². The van der Waals surface area contributed by atoms with Gasteiger partial charge in [0, 0.05) is 24.2 Å². The third-order valence-electron chi connectivity index (χ3n) is 7.05. The summed E-state index contributed by atoms with van der Waals surface area (Å²) in [4.78, 5) is 18.5. The highest BCUT2D eigenvalue weighted by atomic mass is 16.5. The fraction of sp³-hybridized carbons (Fsp3) is 0.429. The van der Waals surface area contributed by atoms with E-state index in [0.29, 0.717) is 18.7 Å². The summed E-state index contributed by atoms with van der Waals surface area (Å²) in [5.74, 6) is 1.62. The van der Waals surface area contributed by atoms with Crippen molar-refractivity contribution in [2.24, 2.45) is 0 Å². The number of pyridine rings is 1. The molecule has 190 valence electrons. The van der Waals surface area contributed by atoms with Gasteiger partial charge in [-0.2, -0.15) is 0 Å². The molecule has 0 aliphatic heterocycles. The van der Waals surface area contributed by atoms with Gasteiger partial charge in [0.2, 0.25) is 0 Å². The Kier molecular flexibility index (Phi) is 7.54. The van der Waals surface area contributed by atoms with Crippen LogP contribution in [0.5, 0.6) is 5.75 Å². The maximum atomic E-state index is 13.1. The summed E-state index contributed by atoms with van der Waals surface area (Å²) in [7, 11) is 1.66. The summed E-state index contributed by atoms with van der Waals surface area (Å²) in [5.41, 5.74) is 3.50. The number of H-pyrrole nitrogens is 1. The van der Waals surface area contributed by atoms with Crippen LogP contribution in [0.25, 0.3) is 10.9 Å². The zero-order valence-corrected chi connectivity index (χ0v) is 22.1. The third kappa shape index (κ3) is 5.33. The van der Waals surface area contributed by atoms with Gasteiger partial charge in [0.1, 0.15) is 5.75 Å². The molecule has 8 heteroatoms. The fourth-order valence-corrected chi connectivity index (χ4v) is 4.52. The van der Waals surface area contributed by atoms with Crippen molar-refractivity contribution in [3.8, 4) is 5.75 Å². The van der Waals surface area contributed by atoms with Crippen molar-refractivity contribution >= 4 is 10.9 Å². The molecule has 0 aliphatic rings. The van der Waals surface area contributed by atoms with Gasteiger partial charge in [0.05, 0.1) is 18.7 Å². The number of hydrogen-bond donors (Lipinski definition) is 1. The minimum absolute atomic E-state index is 0.0730. The topological polar surface area (TPSA) is 88.9 Å². The number of hydrogen-bond acceptors (Lipinski definition) is 6. The van der Waals surface area contributed by atoms with Gasteiger partial charge in [0.15, 0.2) is 5.82 Å². The van der Waals surface area contributed by atoms with E-state index in [1.165, 1.54) is 0 Å². The molecular formula is C28H36N6O2. The lowest BCUT2D eigenvalue weighted by atomic mass is 10.0. The molecule has 0 bridgehead atoms. The molecule has 0 saturated carbocycles. The maximum Gasteiger partial charge on any atom is 0.252 e. The lowest BCUT2D eigenvalue weighted by Crippen LogP contribution is -2.36. The Morgan fingerprint density at radius 2 is 1.83 bits per heavy atom. The molecule has 8 nitrogen and oxygen atoms in total.